The molecule has 0 atom stereocenters. The van der Waals surface area contributed by atoms with Crippen LogP contribution in [-0.4, -0.2) is 25.6 Å². The molecule has 0 aliphatic heterocycles. The molecule has 152 valence electrons. The van der Waals surface area contributed by atoms with E-state index in [1.165, 1.54) is 12.4 Å². The van der Waals surface area contributed by atoms with Crippen LogP contribution in [0.3, 0.4) is 0 Å². The number of carbonyl (C=O) groups is 1. The van der Waals surface area contributed by atoms with Gasteiger partial charge in [0.05, 0.1) is 33.8 Å². The Labute approximate surface area is 189 Å². The summed E-state index contributed by atoms with van der Waals surface area (Å²) in [5, 5.41) is 12.9. The Hall–Kier alpha value is -2.72. The monoisotopic (exact) mass is 536 g/mol. The number of halogens is 3. The number of nitrogens with one attached hydrogen (secondary N) is 1. The number of benzene rings is 2. The van der Waals surface area contributed by atoms with E-state index in [1.807, 2.05) is 18.2 Å². The summed E-state index contributed by atoms with van der Waals surface area (Å²) in [6.45, 7) is 0.488. The smallest absolute Gasteiger partial charge is 0.338 e. The van der Waals surface area contributed by atoms with E-state index in [-0.39, 0.29) is 16.8 Å². The number of aromatic carboxylic acids is 1. The fourth-order valence-electron chi connectivity index (χ4n) is 3.13. The molecule has 2 heterocycles. The van der Waals surface area contributed by atoms with Gasteiger partial charge in [-0.2, -0.15) is 0 Å². The Bertz CT molecular complexity index is 1250. The Morgan fingerprint density at radius 2 is 2.07 bits per heavy atom. The molecule has 30 heavy (non-hydrogen) atoms. The minimum Gasteiger partial charge on any atom is -0.478 e. The topological polar surface area (TPSA) is 80.0 Å². The van der Waals surface area contributed by atoms with Crippen LogP contribution in [0.1, 0.15) is 16.1 Å². The van der Waals surface area contributed by atoms with Gasteiger partial charge in [-0.05, 0) is 59.0 Å². The van der Waals surface area contributed by atoms with Crippen LogP contribution in [0.15, 0.2) is 55.0 Å². The molecule has 2 N–H and O–H groups in total. The van der Waals surface area contributed by atoms with E-state index < -0.39 is 11.8 Å². The Kier molecular flexibility index (Phi) is 5.87. The summed E-state index contributed by atoms with van der Waals surface area (Å²) < 4.78 is 17.9. The van der Waals surface area contributed by atoms with Crippen LogP contribution in [0.4, 0.5) is 15.8 Å². The van der Waals surface area contributed by atoms with Crippen LogP contribution in [-0.2, 0) is 13.0 Å². The van der Waals surface area contributed by atoms with Crippen LogP contribution in [0.5, 0.6) is 0 Å². The van der Waals surface area contributed by atoms with Gasteiger partial charge in [-0.25, -0.2) is 14.2 Å². The summed E-state index contributed by atoms with van der Waals surface area (Å²) >= 11 is 8.33. The first-order chi connectivity index (χ1) is 14.4. The molecule has 0 spiro atoms. The maximum Gasteiger partial charge on any atom is 0.338 e. The lowest BCUT2D eigenvalue weighted by molar-refractivity contribution is 0.0697. The van der Waals surface area contributed by atoms with E-state index in [2.05, 4.69) is 37.9 Å². The molecule has 0 radical (unpaired) electrons. The summed E-state index contributed by atoms with van der Waals surface area (Å²) in [4.78, 5) is 20.3. The normalized spacial score (nSPS) is 11.0. The van der Waals surface area contributed by atoms with Crippen molar-refractivity contribution in [2.45, 2.75) is 13.0 Å². The summed E-state index contributed by atoms with van der Waals surface area (Å²) in [5.74, 6) is -1.99. The quantitative estimate of drug-likeness (QED) is 0.318. The summed E-state index contributed by atoms with van der Waals surface area (Å²) in [5.41, 5.74) is 1.41. The minimum atomic E-state index is -1.25. The third kappa shape index (κ3) is 4.10. The van der Waals surface area contributed by atoms with Crippen molar-refractivity contribution in [2.24, 2.45) is 0 Å². The number of nitrogens with zero attached hydrogens (tertiary/aromatic N) is 3. The molecule has 4 rings (SSSR count). The van der Waals surface area contributed by atoms with Gasteiger partial charge in [0.1, 0.15) is 5.52 Å². The zero-order valence-electron chi connectivity index (χ0n) is 15.4. The lowest BCUT2D eigenvalue weighted by atomic mass is 10.1. The first-order valence-corrected chi connectivity index (χ1v) is 10.4. The van der Waals surface area contributed by atoms with Crippen molar-refractivity contribution in [3.63, 3.8) is 0 Å². The van der Waals surface area contributed by atoms with E-state index in [0.29, 0.717) is 29.2 Å². The predicted molar refractivity (Wildman–Crippen MR) is 122 cm³/mol. The molecule has 6 nitrogen and oxygen atoms in total. The first-order valence-electron chi connectivity index (χ1n) is 8.96. The van der Waals surface area contributed by atoms with Crippen LogP contribution >= 0.6 is 34.2 Å². The van der Waals surface area contributed by atoms with E-state index in [9.17, 15) is 9.90 Å². The molecular formula is C21H15ClFIN4O2. The molecule has 0 unspecified atom stereocenters. The number of hydrogen-bond donors (Lipinski definition) is 2. The number of carboxylic acids is 1. The highest BCUT2D eigenvalue weighted by Crippen LogP contribution is 2.34. The third-order valence-corrected chi connectivity index (χ3v) is 5.60. The lowest BCUT2D eigenvalue weighted by Gasteiger charge is -2.14. The first kappa shape index (κ1) is 20.5. The molecule has 0 fully saturated rings. The maximum atomic E-state index is 15.3. The standard InChI is InChI=1S/C21H15ClFIN4O2/c22-15-9-12(24)4-5-16(15)27-19-14(21(29)30)10-17-20(18(19)23)26-11-28(17)8-6-13-3-1-2-7-25-13/h1-5,7,9-11,27H,6,8H2,(H,29,30). The van der Waals surface area contributed by atoms with Gasteiger partial charge in [-0.1, -0.05) is 17.7 Å². The third-order valence-electron chi connectivity index (χ3n) is 4.61. The maximum absolute atomic E-state index is 15.3. The van der Waals surface area contributed by atoms with Gasteiger partial charge >= 0.3 is 5.97 Å². The fourth-order valence-corrected chi connectivity index (χ4v) is 4.04. The Morgan fingerprint density at radius 3 is 2.77 bits per heavy atom. The number of aromatic nitrogens is 3. The zero-order valence-corrected chi connectivity index (χ0v) is 18.4. The van der Waals surface area contributed by atoms with E-state index in [0.717, 1.165) is 9.26 Å². The van der Waals surface area contributed by atoms with Gasteiger partial charge in [-0.3, -0.25) is 4.98 Å². The molecule has 0 aliphatic carbocycles. The van der Waals surface area contributed by atoms with Crippen LogP contribution in [0.2, 0.25) is 5.02 Å². The molecule has 0 saturated heterocycles. The van der Waals surface area contributed by atoms with Crippen molar-refractivity contribution in [3.8, 4) is 0 Å². The highest BCUT2D eigenvalue weighted by molar-refractivity contribution is 14.1. The van der Waals surface area contributed by atoms with Crippen molar-refractivity contribution >= 4 is 62.6 Å². The molecule has 0 saturated carbocycles. The SMILES string of the molecule is O=C(O)c1cc2c(ncn2CCc2ccccn2)c(F)c1Nc1ccc(I)cc1Cl. The number of rotatable bonds is 6. The average Bonchev–Trinajstić information content (AvgIpc) is 3.14. The second-order valence-electron chi connectivity index (χ2n) is 6.54. The van der Waals surface area contributed by atoms with Gasteiger partial charge in [0.25, 0.3) is 0 Å². The van der Waals surface area contributed by atoms with Crippen molar-refractivity contribution < 1.29 is 14.3 Å². The second kappa shape index (κ2) is 8.57. The van der Waals surface area contributed by atoms with E-state index >= 15 is 4.39 Å². The molecule has 0 aliphatic rings. The van der Waals surface area contributed by atoms with Crippen molar-refractivity contribution in [1.82, 2.24) is 14.5 Å². The number of carboxylic acid groups (broad SMARTS) is 1. The zero-order chi connectivity index (χ0) is 21.3. The Balaban J connectivity index is 1.74. The van der Waals surface area contributed by atoms with Gasteiger partial charge in [0.2, 0.25) is 0 Å². The highest BCUT2D eigenvalue weighted by atomic mass is 127. The molecule has 0 amide bonds. The Morgan fingerprint density at radius 1 is 1.23 bits per heavy atom. The van der Waals surface area contributed by atoms with Crippen molar-refractivity contribution in [1.29, 1.82) is 0 Å². The number of aryl methyl sites for hydroxylation is 2. The number of fused-ring (bicyclic) bond motifs is 1. The molecule has 2 aromatic carbocycles. The molecular weight excluding hydrogens is 522 g/mol. The lowest BCUT2D eigenvalue weighted by Crippen LogP contribution is -2.08. The number of hydrogen-bond acceptors (Lipinski definition) is 4. The summed E-state index contributed by atoms with van der Waals surface area (Å²) in [6, 6.07) is 12.2. The molecule has 9 heteroatoms. The van der Waals surface area contributed by atoms with Crippen molar-refractivity contribution in [3.05, 3.63) is 80.7 Å². The summed E-state index contributed by atoms with van der Waals surface area (Å²) in [7, 11) is 0. The molecule has 4 aromatic rings. The van der Waals surface area contributed by atoms with Crippen LogP contribution < -0.4 is 5.32 Å². The van der Waals surface area contributed by atoms with Crippen LogP contribution in [0.25, 0.3) is 11.0 Å². The van der Waals surface area contributed by atoms with Gasteiger partial charge in [0, 0.05) is 28.4 Å². The summed E-state index contributed by atoms with van der Waals surface area (Å²) in [6.07, 6.45) is 3.82. The van der Waals surface area contributed by atoms with E-state index in [1.54, 1.807) is 29.0 Å². The number of imidazole rings is 1. The van der Waals surface area contributed by atoms with Crippen LogP contribution in [0, 0.1) is 9.39 Å². The van der Waals surface area contributed by atoms with Gasteiger partial charge in [0.15, 0.2) is 5.82 Å². The highest BCUT2D eigenvalue weighted by Gasteiger charge is 2.22. The average molecular weight is 537 g/mol. The number of anilines is 2. The van der Waals surface area contributed by atoms with E-state index in [4.69, 9.17) is 11.6 Å². The predicted octanol–water partition coefficient (Wildman–Crippen LogP) is 5.51. The fraction of sp³-hybridized carbons (Fsp3) is 0.0952. The largest absolute Gasteiger partial charge is 0.478 e. The molecule has 2 aromatic heterocycles. The number of pyridine rings is 1. The van der Waals surface area contributed by atoms with Gasteiger partial charge in [-0.15, -0.1) is 0 Å². The minimum absolute atomic E-state index is 0.0881. The molecule has 0 bridgehead atoms. The van der Waals surface area contributed by atoms with Crippen molar-refractivity contribution in [2.75, 3.05) is 5.32 Å². The van der Waals surface area contributed by atoms with Gasteiger partial charge < -0.3 is 15.0 Å². The second-order valence-corrected chi connectivity index (χ2v) is 8.20.